The molecule has 3 heterocycles. The Bertz CT molecular complexity index is 329. The van der Waals surface area contributed by atoms with Crippen molar-refractivity contribution in [2.45, 2.75) is 19.4 Å². The number of hydrogen-bond donors (Lipinski definition) is 1. The Morgan fingerprint density at radius 3 is 2.40 bits per heavy atom. The standard InChI is InChI=1S/C14H26N4O.ClH/c1-2-16-5-7-17(8-6-16)13-3-4-18(11-13)14(19)12-9-15-10-12;/h12-13,15H,2-11H2,1H3;1H. The van der Waals surface area contributed by atoms with Crippen LogP contribution >= 0.6 is 12.4 Å². The number of likely N-dealkylation sites (N-methyl/N-ethyl adjacent to an activating group) is 1. The third kappa shape index (κ3) is 3.27. The lowest BCUT2D eigenvalue weighted by molar-refractivity contribution is -0.136. The van der Waals surface area contributed by atoms with Crippen LogP contribution in [0.1, 0.15) is 13.3 Å². The molecule has 3 aliphatic rings. The number of carbonyl (C=O) groups is 1. The summed E-state index contributed by atoms with van der Waals surface area (Å²) >= 11 is 0. The van der Waals surface area contributed by atoms with Gasteiger partial charge in [-0.15, -0.1) is 12.4 Å². The summed E-state index contributed by atoms with van der Waals surface area (Å²) in [5.74, 6) is 0.643. The third-order valence-electron chi connectivity index (χ3n) is 4.98. The van der Waals surface area contributed by atoms with Gasteiger partial charge in [0.05, 0.1) is 5.92 Å². The number of carbonyl (C=O) groups excluding carboxylic acids is 1. The van der Waals surface area contributed by atoms with E-state index in [1.165, 1.54) is 26.2 Å². The van der Waals surface area contributed by atoms with Crippen LogP contribution in [0.4, 0.5) is 0 Å². The molecule has 6 heteroatoms. The van der Waals surface area contributed by atoms with Gasteiger partial charge in [0, 0.05) is 58.4 Å². The molecule has 0 saturated carbocycles. The minimum absolute atomic E-state index is 0. The molecule has 0 bridgehead atoms. The van der Waals surface area contributed by atoms with Crippen LogP contribution in [0, 0.1) is 5.92 Å². The normalized spacial score (nSPS) is 29.1. The zero-order valence-corrected chi connectivity index (χ0v) is 13.2. The number of nitrogens with zero attached hydrogens (tertiary/aromatic N) is 3. The van der Waals surface area contributed by atoms with Crippen LogP contribution in [0.5, 0.6) is 0 Å². The van der Waals surface area contributed by atoms with E-state index in [-0.39, 0.29) is 18.3 Å². The summed E-state index contributed by atoms with van der Waals surface area (Å²) < 4.78 is 0. The van der Waals surface area contributed by atoms with Gasteiger partial charge in [0.1, 0.15) is 0 Å². The fourth-order valence-corrected chi connectivity index (χ4v) is 3.41. The Morgan fingerprint density at radius 1 is 1.15 bits per heavy atom. The van der Waals surface area contributed by atoms with E-state index in [4.69, 9.17) is 0 Å². The summed E-state index contributed by atoms with van der Waals surface area (Å²) in [6.07, 6.45) is 1.16. The third-order valence-corrected chi connectivity index (χ3v) is 4.98. The van der Waals surface area contributed by atoms with Crippen LogP contribution in [0.3, 0.4) is 0 Å². The minimum atomic E-state index is 0. The maximum absolute atomic E-state index is 12.2. The first-order chi connectivity index (χ1) is 9.28. The first-order valence-corrected chi connectivity index (χ1v) is 7.74. The highest BCUT2D eigenvalue weighted by Crippen LogP contribution is 2.20. The number of piperazine rings is 1. The maximum Gasteiger partial charge on any atom is 0.228 e. The fourth-order valence-electron chi connectivity index (χ4n) is 3.41. The molecule has 0 aromatic carbocycles. The van der Waals surface area contributed by atoms with Crippen molar-refractivity contribution in [3.63, 3.8) is 0 Å². The SMILES string of the molecule is CCN1CCN(C2CCN(C(=O)C3CNC3)C2)CC1.Cl. The predicted octanol–water partition coefficient (Wildman–Crippen LogP) is -0.134. The van der Waals surface area contributed by atoms with Gasteiger partial charge in [-0.3, -0.25) is 9.69 Å². The molecule has 0 aromatic rings. The average Bonchev–Trinajstić information content (AvgIpc) is 2.86. The van der Waals surface area contributed by atoms with Gasteiger partial charge in [-0.25, -0.2) is 0 Å². The van der Waals surface area contributed by atoms with Crippen LogP contribution < -0.4 is 5.32 Å². The zero-order chi connectivity index (χ0) is 13.2. The zero-order valence-electron chi connectivity index (χ0n) is 12.4. The molecule has 20 heavy (non-hydrogen) atoms. The Balaban J connectivity index is 0.00000147. The van der Waals surface area contributed by atoms with Crippen molar-refractivity contribution in [1.29, 1.82) is 0 Å². The highest BCUT2D eigenvalue weighted by Gasteiger charge is 2.36. The smallest absolute Gasteiger partial charge is 0.228 e. The first kappa shape index (κ1) is 16.0. The molecular weight excluding hydrogens is 276 g/mol. The number of amides is 1. The van der Waals surface area contributed by atoms with Crippen LogP contribution in [0.25, 0.3) is 0 Å². The van der Waals surface area contributed by atoms with Crippen LogP contribution in [0.2, 0.25) is 0 Å². The quantitative estimate of drug-likeness (QED) is 0.788. The summed E-state index contributed by atoms with van der Waals surface area (Å²) in [6, 6.07) is 0.607. The maximum atomic E-state index is 12.2. The van der Waals surface area contributed by atoms with Crippen LogP contribution in [0.15, 0.2) is 0 Å². The molecule has 0 aliphatic carbocycles. The molecule has 1 unspecified atom stereocenters. The molecule has 0 aromatic heterocycles. The summed E-state index contributed by atoms with van der Waals surface area (Å²) in [5.41, 5.74) is 0. The molecule has 3 saturated heterocycles. The largest absolute Gasteiger partial charge is 0.341 e. The van der Waals surface area contributed by atoms with Crippen LogP contribution in [-0.4, -0.2) is 85.6 Å². The molecule has 1 amide bonds. The van der Waals surface area contributed by atoms with Gasteiger partial charge >= 0.3 is 0 Å². The Morgan fingerprint density at radius 2 is 1.85 bits per heavy atom. The van der Waals surface area contributed by atoms with Gasteiger partial charge in [-0.05, 0) is 13.0 Å². The van der Waals surface area contributed by atoms with Crippen molar-refractivity contribution in [2.24, 2.45) is 5.92 Å². The van der Waals surface area contributed by atoms with Gasteiger partial charge in [-0.2, -0.15) is 0 Å². The van der Waals surface area contributed by atoms with Gasteiger partial charge in [0.15, 0.2) is 0 Å². The first-order valence-electron chi connectivity index (χ1n) is 7.74. The lowest BCUT2D eigenvalue weighted by atomic mass is 10.0. The van der Waals surface area contributed by atoms with E-state index in [0.717, 1.165) is 39.1 Å². The topological polar surface area (TPSA) is 38.8 Å². The lowest BCUT2D eigenvalue weighted by Crippen LogP contribution is -2.53. The Kier molecular flexibility index (Phi) is 5.66. The molecule has 3 aliphatic heterocycles. The molecule has 116 valence electrons. The van der Waals surface area contributed by atoms with Gasteiger partial charge in [0.2, 0.25) is 5.91 Å². The van der Waals surface area contributed by atoms with Gasteiger partial charge in [-0.1, -0.05) is 6.92 Å². The van der Waals surface area contributed by atoms with E-state index in [2.05, 4.69) is 26.9 Å². The molecule has 1 N–H and O–H groups in total. The second-order valence-corrected chi connectivity index (χ2v) is 6.05. The minimum Gasteiger partial charge on any atom is -0.341 e. The lowest BCUT2D eigenvalue weighted by Gasteiger charge is -2.37. The Labute approximate surface area is 128 Å². The number of likely N-dealkylation sites (tertiary alicyclic amines) is 1. The molecule has 5 nitrogen and oxygen atoms in total. The number of hydrogen-bond acceptors (Lipinski definition) is 4. The molecule has 0 radical (unpaired) electrons. The molecule has 3 fully saturated rings. The molecule has 1 atom stereocenters. The van der Waals surface area contributed by atoms with Crippen molar-refractivity contribution < 1.29 is 4.79 Å². The molecule has 3 rings (SSSR count). The highest BCUT2D eigenvalue weighted by atomic mass is 35.5. The summed E-state index contributed by atoms with van der Waals surface area (Å²) in [7, 11) is 0. The predicted molar refractivity (Wildman–Crippen MR) is 82.3 cm³/mol. The highest BCUT2D eigenvalue weighted by molar-refractivity contribution is 5.85. The second kappa shape index (κ2) is 7.07. The van der Waals surface area contributed by atoms with E-state index in [0.29, 0.717) is 11.9 Å². The fraction of sp³-hybridized carbons (Fsp3) is 0.929. The van der Waals surface area contributed by atoms with E-state index in [1.54, 1.807) is 0 Å². The number of halogens is 1. The monoisotopic (exact) mass is 302 g/mol. The van der Waals surface area contributed by atoms with E-state index < -0.39 is 0 Å². The van der Waals surface area contributed by atoms with E-state index >= 15 is 0 Å². The molecular formula is C14H27ClN4O. The second-order valence-electron chi connectivity index (χ2n) is 6.05. The van der Waals surface area contributed by atoms with Gasteiger partial charge < -0.3 is 15.1 Å². The summed E-state index contributed by atoms with van der Waals surface area (Å²) in [5, 5.41) is 3.19. The van der Waals surface area contributed by atoms with Crippen molar-refractivity contribution in [2.75, 3.05) is 58.9 Å². The number of nitrogens with one attached hydrogen (secondary N) is 1. The summed E-state index contributed by atoms with van der Waals surface area (Å²) in [6.45, 7) is 11.8. The average molecular weight is 303 g/mol. The van der Waals surface area contributed by atoms with E-state index in [1.807, 2.05) is 0 Å². The van der Waals surface area contributed by atoms with Gasteiger partial charge in [0.25, 0.3) is 0 Å². The molecule has 0 spiro atoms. The van der Waals surface area contributed by atoms with Crippen molar-refractivity contribution in [3.05, 3.63) is 0 Å². The number of rotatable bonds is 3. The van der Waals surface area contributed by atoms with Crippen LogP contribution in [-0.2, 0) is 4.79 Å². The van der Waals surface area contributed by atoms with Crippen molar-refractivity contribution in [3.8, 4) is 0 Å². The van der Waals surface area contributed by atoms with Crippen molar-refractivity contribution in [1.82, 2.24) is 20.0 Å². The van der Waals surface area contributed by atoms with Crippen molar-refractivity contribution >= 4 is 18.3 Å². The Hall–Kier alpha value is -0.360. The summed E-state index contributed by atoms with van der Waals surface area (Å²) in [4.78, 5) is 19.4. The van der Waals surface area contributed by atoms with E-state index in [9.17, 15) is 4.79 Å².